The molecule has 0 unspecified atom stereocenters. The number of carbonyl (C=O) groups is 2. The van der Waals surface area contributed by atoms with Gasteiger partial charge in [-0.15, -0.1) is 0 Å². The fourth-order valence-electron chi connectivity index (χ4n) is 2.42. The number of anilines is 1. The van der Waals surface area contributed by atoms with Crippen molar-refractivity contribution in [2.75, 3.05) is 19.1 Å². The van der Waals surface area contributed by atoms with Crippen LogP contribution in [0.3, 0.4) is 0 Å². The fraction of sp³-hybridized carbons (Fsp3) is 0.158. The van der Waals surface area contributed by atoms with Crippen LogP contribution in [0.15, 0.2) is 53.4 Å². The number of nitrogens with one attached hydrogen (secondary N) is 1. The molecular weight excluding hydrogens is 336 g/mol. The van der Waals surface area contributed by atoms with Gasteiger partial charge in [-0.05, 0) is 54.1 Å². The van der Waals surface area contributed by atoms with Crippen LogP contribution in [-0.2, 0) is 4.79 Å². The second kappa shape index (κ2) is 7.44. The average molecular weight is 354 g/mol. The molecule has 6 heteroatoms. The van der Waals surface area contributed by atoms with Crippen molar-refractivity contribution in [1.29, 1.82) is 0 Å². The van der Waals surface area contributed by atoms with Gasteiger partial charge < -0.3 is 10.1 Å². The number of para-hydroxylation sites is 1. The lowest BCUT2D eigenvalue weighted by Gasteiger charge is -2.15. The Morgan fingerprint density at radius 1 is 1.12 bits per heavy atom. The molecule has 1 N–H and O–H groups in total. The summed E-state index contributed by atoms with van der Waals surface area (Å²) in [5.74, 6) is 0.458. The van der Waals surface area contributed by atoms with E-state index >= 15 is 0 Å². The van der Waals surface area contributed by atoms with Gasteiger partial charge in [0, 0.05) is 5.69 Å². The van der Waals surface area contributed by atoms with E-state index in [2.05, 4.69) is 5.32 Å². The first-order valence-electron chi connectivity index (χ1n) is 7.77. The Hall–Kier alpha value is -2.73. The van der Waals surface area contributed by atoms with Crippen molar-refractivity contribution in [3.8, 4) is 5.75 Å². The fourth-order valence-corrected chi connectivity index (χ4v) is 3.26. The van der Waals surface area contributed by atoms with E-state index < -0.39 is 0 Å². The lowest BCUT2D eigenvalue weighted by Crippen LogP contribution is -2.33. The number of thioether (sulfide) groups is 1. The first kappa shape index (κ1) is 17.1. The molecule has 0 bridgehead atoms. The van der Waals surface area contributed by atoms with E-state index in [1.54, 1.807) is 13.2 Å². The van der Waals surface area contributed by atoms with Crippen molar-refractivity contribution in [2.45, 2.75) is 6.92 Å². The van der Waals surface area contributed by atoms with Gasteiger partial charge in [-0.2, -0.15) is 0 Å². The molecule has 1 aliphatic heterocycles. The number of methoxy groups -OCH3 is 1. The molecule has 5 nitrogen and oxygen atoms in total. The standard InChI is InChI=1S/C19H18N2O3S/c1-13-5-3-4-6-16(13)20-12-21-18(22)17(25-19(21)23)11-14-7-9-15(24-2)10-8-14/h3-11,20H,12H2,1-2H3/b17-11-. The zero-order valence-electron chi connectivity index (χ0n) is 14.0. The van der Waals surface area contributed by atoms with Crippen LogP contribution in [-0.4, -0.2) is 29.8 Å². The van der Waals surface area contributed by atoms with E-state index in [9.17, 15) is 9.59 Å². The first-order valence-corrected chi connectivity index (χ1v) is 8.59. The van der Waals surface area contributed by atoms with Gasteiger partial charge in [0.1, 0.15) is 5.75 Å². The number of ether oxygens (including phenoxy) is 1. The topological polar surface area (TPSA) is 58.6 Å². The minimum atomic E-state index is -0.285. The number of amides is 2. The van der Waals surface area contributed by atoms with Crippen LogP contribution in [0.1, 0.15) is 11.1 Å². The number of aryl methyl sites for hydroxylation is 1. The number of rotatable bonds is 5. The van der Waals surface area contributed by atoms with Crippen LogP contribution in [0, 0.1) is 6.92 Å². The largest absolute Gasteiger partial charge is 0.497 e. The molecule has 0 radical (unpaired) electrons. The molecular formula is C19H18N2O3S. The third kappa shape index (κ3) is 3.85. The summed E-state index contributed by atoms with van der Waals surface area (Å²) < 4.78 is 5.11. The molecule has 2 aromatic carbocycles. The molecule has 2 amide bonds. The molecule has 0 aliphatic carbocycles. The van der Waals surface area contributed by atoms with Gasteiger partial charge >= 0.3 is 0 Å². The summed E-state index contributed by atoms with van der Waals surface area (Å²) in [6.07, 6.45) is 1.72. The molecule has 0 atom stereocenters. The van der Waals surface area contributed by atoms with Crippen LogP contribution in [0.2, 0.25) is 0 Å². The number of imide groups is 1. The third-order valence-corrected chi connectivity index (χ3v) is 4.77. The van der Waals surface area contributed by atoms with Crippen molar-refractivity contribution < 1.29 is 14.3 Å². The van der Waals surface area contributed by atoms with E-state index in [4.69, 9.17) is 4.74 Å². The Morgan fingerprint density at radius 3 is 2.52 bits per heavy atom. The predicted octanol–water partition coefficient (Wildman–Crippen LogP) is 4.11. The lowest BCUT2D eigenvalue weighted by atomic mass is 10.2. The van der Waals surface area contributed by atoms with Gasteiger partial charge in [-0.3, -0.25) is 14.5 Å². The van der Waals surface area contributed by atoms with E-state index in [1.165, 1.54) is 4.90 Å². The molecule has 1 heterocycles. The number of hydrogen-bond acceptors (Lipinski definition) is 5. The number of carbonyl (C=O) groups excluding carboxylic acids is 2. The minimum Gasteiger partial charge on any atom is -0.497 e. The first-order chi connectivity index (χ1) is 12.1. The van der Waals surface area contributed by atoms with Gasteiger partial charge in [0.05, 0.1) is 18.7 Å². The summed E-state index contributed by atoms with van der Waals surface area (Å²) in [6, 6.07) is 15.1. The van der Waals surface area contributed by atoms with Crippen LogP contribution in [0.5, 0.6) is 5.75 Å². The number of nitrogens with zero attached hydrogens (tertiary/aromatic N) is 1. The van der Waals surface area contributed by atoms with Crippen LogP contribution in [0.25, 0.3) is 6.08 Å². The summed E-state index contributed by atoms with van der Waals surface area (Å²) in [7, 11) is 1.60. The Morgan fingerprint density at radius 2 is 1.84 bits per heavy atom. The molecule has 0 aromatic heterocycles. The Bertz CT molecular complexity index is 831. The van der Waals surface area contributed by atoms with Gasteiger partial charge in [-0.25, -0.2) is 0 Å². The van der Waals surface area contributed by atoms with E-state index in [0.717, 1.165) is 34.3 Å². The van der Waals surface area contributed by atoms with Crippen molar-refractivity contribution in [2.24, 2.45) is 0 Å². The molecule has 2 aromatic rings. The molecule has 3 rings (SSSR count). The summed E-state index contributed by atoms with van der Waals surface area (Å²) >= 11 is 0.953. The highest BCUT2D eigenvalue weighted by atomic mass is 32.2. The lowest BCUT2D eigenvalue weighted by molar-refractivity contribution is -0.122. The van der Waals surface area contributed by atoms with E-state index in [1.807, 2.05) is 55.5 Å². The van der Waals surface area contributed by atoms with Gasteiger partial charge in [0.25, 0.3) is 11.1 Å². The second-order valence-electron chi connectivity index (χ2n) is 5.53. The van der Waals surface area contributed by atoms with Gasteiger partial charge in [0.2, 0.25) is 0 Å². The van der Waals surface area contributed by atoms with Crippen molar-refractivity contribution in [1.82, 2.24) is 4.90 Å². The molecule has 0 spiro atoms. The number of benzene rings is 2. The Kier molecular flexibility index (Phi) is 5.09. The Labute approximate surface area is 150 Å². The highest BCUT2D eigenvalue weighted by Crippen LogP contribution is 2.32. The summed E-state index contributed by atoms with van der Waals surface area (Å²) in [4.78, 5) is 26.3. The van der Waals surface area contributed by atoms with Crippen LogP contribution in [0.4, 0.5) is 10.5 Å². The average Bonchev–Trinajstić information content (AvgIpc) is 2.88. The monoisotopic (exact) mass is 354 g/mol. The quantitative estimate of drug-likeness (QED) is 0.819. The summed E-state index contributed by atoms with van der Waals surface area (Å²) in [5.41, 5.74) is 2.81. The van der Waals surface area contributed by atoms with Crippen molar-refractivity contribution >= 4 is 34.7 Å². The molecule has 25 heavy (non-hydrogen) atoms. The Balaban J connectivity index is 1.71. The maximum atomic E-state index is 12.5. The molecule has 1 fully saturated rings. The maximum absolute atomic E-state index is 12.5. The van der Waals surface area contributed by atoms with Crippen LogP contribution < -0.4 is 10.1 Å². The highest BCUT2D eigenvalue weighted by Gasteiger charge is 2.34. The predicted molar refractivity (Wildman–Crippen MR) is 100 cm³/mol. The molecule has 128 valence electrons. The van der Waals surface area contributed by atoms with Crippen LogP contribution >= 0.6 is 11.8 Å². The second-order valence-corrected chi connectivity index (χ2v) is 6.53. The van der Waals surface area contributed by atoms with Crippen molar-refractivity contribution in [3.05, 3.63) is 64.6 Å². The third-order valence-electron chi connectivity index (χ3n) is 3.86. The normalized spacial score (nSPS) is 15.8. The van der Waals surface area contributed by atoms with Gasteiger partial charge in [0.15, 0.2) is 0 Å². The SMILES string of the molecule is COc1ccc(/C=C2\SC(=O)N(CNc3ccccc3C)C2=O)cc1. The smallest absolute Gasteiger partial charge is 0.295 e. The summed E-state index contributed by atoms with van der Waals surface area (Å²) in [5, 5.41) is 2.87. The zero-order valence-corrected chi connectivity index (χ0v) is 14.8. The van der Waals surface area contributed by atoms with E-state index in [-0.39, 0.29) is 17.8 Å². The zero-order chi connectivity index (χ0) is 17.8. The summed E-state index contributed by atoms with van der Waals surface area (Å²) in [6.45, 7) is 2.12. The molecule has 0 saturated carbocycles. The maximum Gasteiger partial charge on any atom is 0.295 e. The van der Waals surface area contributed by atoms with Gasteiger partial charge in [-0.1, -0.05) is 30.3 Å². The minimum absolute atomic E-state index is 0.148. The molecule has 1 saturated heterocycles. The van der Waals surface area contributed by atoms with Crippen molar-refractivity contribution in [3.63, 3.8) is 0 Å². The number of hydrogen-bond donors (Lipinski definition) is 1. The van der Waals surface area contributed by atoms with E-state index in [0.29, 0.717) is 4.91 Å². The highest BCUT2D eigenvalue weighted by molar-refractivity contribution is 8.18. The molecule has 1 aliphatic rings.